The number of carbonyl (C=O) groups excluding carboxylic acids is 1. The second-order valence-corrected chi connectivity index (χ2v) is 6.90. The molecule has 0 radical (unpaired) electrons. The molecule has 2 unspecified atom stereocenters. The number of rotatable bonds is 5. The zero-order chi connectivity index (χ0) is 16.9. The molecule has 24 heavy (non-hydrogen) atoms. The summed E-state index contributed by atoms with van der Waals surface area (Å²) in [4.78, 5) is 18.6. The Labute approximate surface area is 144 Å². The molecular weight excluding hydrogens is 300 g/mol. The first kappa shape index (κ1) is 16.8. The van der Waals surface area contributed by atoms with Crippen molar-refractivity contribution in [2.45, 2.75) is 45.2 Å². The van der Waals surface area contributed by atoms with Gasteiger partial charge in [0.05, 0.1) is 0 Å². The van der Waals surface area contributed by atoms with E-state index >= 15 is 0 Å². The Hall–Kier alpha value is -2.04. The number of hydrogen-bond donors (Lipinski definition) is 2. The Bertz CT molecular complexity index is 613. The summed E-state index contributed by atoms with van der Waals surface area (Å²) in [6.07, 6.45) is 3.61. The summed E-state index contributed by atoms with van der Waals surface area (Å²) in [7, 11) is 1.79. The van der Waals surface area contributed by atoms with Crippen LogP contribution in [-0.2, 0) is 17.8 Å². The largest absolute Gasteiger partial charge is 0.356 e. The molecule has 0 saturated heterocycles. The van der Waals surface area contributed by atoms with Crippen molar-refractivity contribution in [2.75, 3.05) is 20.1 Å². The fraction of sp³-hybridized carbons (Fsp3) is 0.579. The maximum atomic E-state index is 12.4. The van der Waals surface area contributed by atoms with E-state index in [1.807, 2.05) is 4.90 Å². The van der Waals surface area contributed by atoms with Gasteiger partial charge in [-0.1, -0.05) is 31.2 Å². The minimum absolute atomic E-state index is 0.255. The molecule has 1 aromatic carbocycles. The summed E-state index contributed by atoms with van der Waals surface area (Å²) in [5, 5.41) is 6.70. The Morgan fingerprint density at radius 3 is 2.79 bits per heavy atom. The number of nitrogens with zero attached hydrogens (tertiary/aromatic N) is 2. The van der Waals surface area contributed by atoms with Gasteiger partial charge in [-0.3, -0.25) is 9.79 Å². The molecule has 3 rings (SSSR count). The number of fused-ring (bicyclic) bond motifs is 1. The van der Waals surface area contributed by atoms with E-state index in [-0.39, 0.29) is 5.91 Å². The lowest BCUT2D eigenvalue weighted by Gasteiger charge is -2.29. The fourth-order valence-corrected chi connectivity index (χ4v) is 3.21. The molecule has 5 nitrogen and oxygen atoms in total. The normalized spacial score (nSPS) is 22.8. The standard InChI is InChI=1S/C19H28N4O/c1-14-12-17(14)22-19(20-2)21-10-5-8-18(24)23-11-9-15-6-3-4-7-16(15)13-23/h3-4,6-7,14,17H,5,8-13H2,1-2H3,(H2,20,21,22). The van der Waals surface area contributed by atoms with E-state index in [0.29, 0.717) is 12.5 Å². The van der Waals surface area contributed by atoms with E-state index in [9.17, 15) is 4.79 Å². The zero-order valence-electron chi connectivity index (χ0n) is 14.7. The maximum Gasteiger partial charge on any atom is 0.222 e. The van der Waals surface area contributed by atoms with Crippen LogP contribution in [0.5, 0.6) is 0 Å². The maximum absolute atomic E-state index is 12.4. The smallest absolute Gasteiger partial charge is 0.222 e. The molecule has 0 aromatic heterocycles. The number of carbonyl (C=O) groups is 1. The van der Waals surface area contributed by atoms with Gasteiger partial charge in [0.1, 0.15) is 0 Å². The van der Waals surface area contributed by atoms with Crippen LogP contribution in [0.2, 0.25) is 0 Å². The molecule has 1 aliphatic carbocycles. The van der Waals surface area contributed by atoms with Gasteiger partial charge in [0.2, 0.25) is 5.91 Å². The van der Waals surface area contributed by atoms with Gasteiger partial charge in [0.15, 0.2) is 5.96 Å². The number of nitrogens with one attached hydrogen (secondary N) is 2. The van der Waals surface area contributed by atoms with Crippen molar-refractivity contribution in [3.05, 3.63) is 35.4 Å². The molecule has 5 heteroatoms. The number of amides is 1. The second kappa shape index (κ2) is 7.69. The molecule has 2 N–H and O–H groups in total. The highest BCUT2D eigenvalue weighted by Gasteiger charge is 2.33. The van der Waals surface area contributed by atoms with Gasteiger partial charge >= 0.3 is 0 Å². The Balaban J connectivity index is 1.37. The Morgan fingerprint density at radius 2 is 2.08 bits per heavy atom. The van der Waals surface area contributed by atoms with Crippen molar-refractivity contribution < 1.29 is 4.79 Å². The summed E-state index contributed by atoms with van der Waals surface area (Å²) < 4.78 is 0. The third-order valence-corrected chi connectivity index (χ3v) is 5.00. The fourth-order valence-electron chi connectivity index (χ4n) is 3.21. The lowest BCUT2D eigenvalue weighted by molar-refractivity contribution is -0.132. The van der Waals surface area contributed by atoms with Crippen LogP contribution in [0.25, 0.3) is 0 Å². The van der Waals surface area contributed by atoms with Crippen molar-refractivity contribution >= 4 is 11.9 Å². The van der Waals surface area contributed by atoms with Gasteiger partial charge in [-0.05, 0) is 36.3 Å². The topological polar surface area (TPSA) is 56.7 Å². The Morgan fingerprint density at radius 1 is 1.33 bits per heavy atom. The molecule has 2 atom stereocenters. The summed E-state index contributed by atoms with van der Waals surface area (Å²) >= 11 is 0. The van der Waals surface area contributed by atoms with Crippen molar-refractivity contribution in [1.29, 1.82) is 0 Å². The van der Waals surface area contributed by atoms with Gasteiger partial charge in [-0.2, -0.15) is 0 Å². The highest BCUT2D eigenvalue weighted by Crippen LogP contribution is 2.28. The van der Waals surface area contributed by atoms with E-state index in [4.69, 9.17) is 0 Å². The van der Waals surface area contributed by atoms with Crippen LogP contribution in [0.4, 0.5) is 0 Å². The van der Waals surface area contributed by atoms with E-state index in [2.05, 4.69) is 46.8 Å². The lowest BCUT2D eigenvalue weighted by Crippen LogP contribution is -2.40. The molecule has 1 fully saturated rings. The van der Waals surface area contributed by atoms with E-state index in [1.54, 1.807) is 7.05 Å². The van der Waals surface area contributed by atoms with Crippen LogP contribution in [0.15, 0.2) is 29.3 Å². The quantitative estimate of drug-likeness (QED) is 0.493. The van der Waals surface area contributed by atoms with Gasteiger partial charge in [-0.25, -0.2) is 0 Å². The first-order valence-electron chi connectivity index (χ1n) is 8.99. The predicted octanol–water partition coefficient (Wildman–Crippen LogP) is 1.92. The average molecular weight is 328 g/mol. The zero-order valence-corrected chi connectivity index (χ0v) is 14.7. The first-order chi connectivity index (χ1) is 11.7. The third kappa shape index (κ3) is 4.28. The van der Waals surface area contributed by atoms with Crippen LogP contribution in [-0.4, -0.2) is 42.9 Å². The van der Waals surface area contributed by atoms with Crippen molar-refractivity contribution in [2.24, 2.45) is 10.9 Å². The molecule has 1 aromatic rings. The van der Waals surface area contributed by atoms with E-state index in [1.165, 1.54) is 17.5 Å². The molecular formula is C19H28N4O. The molecule has 130 valence electrons. The van der Waals surface area contributed by atoms with Crippen LogP contribution < -0.4 is 10.6 Å². The van der Waals surface area contributed by atoms with Gasteiger partial charge in [0.25, 0.3) is 0 Å². The highest BCUT2D eigenvalue weighted by molar-refractivity contribution is 5.80. The minimum atomic E-state index is 0.255. The second-order valence-electron chi connectivity index (χ2n) is 6.90. The van der Waals surface area contributed by atoms with Gasteiger partial charge < -0.3 is 15.5 Å². The SMILES string of the molecule is CN=C(NCCCC(=O)N1CCc2ccccc2C1)NC1CC1C. The van der Waals surface area contributed by atoms with Crippen molar-refractivity contribution in [3.8, 4) is 0 Å². The number of guanidine groups is 1. The molecule has 2 aliphatic rings. The first-order valence-corrected chi connectivity index (χ1v) is 8.99. The summed E-state index contributed by atoms with van der Waals surface area (Å²) in [5.41, 5.74) is 2.67. The van der Waals surface area contributed by atoms with Gasteiger partial charge in [0, 0.05) is 39.1 Å². The molecule has 1 heterocycles. The average Bonchev–Trinajstić information content (AvgIpc) is 3.31. The van der Waals surface area contributed by atoms with Crippen LogP contribution in [0.3, 0.4) is 0 Å². The van der Waals surface area contributed by atoms with Crippen LogP contribution in [0, 0.1) is 5.92 Å². The number of hydrogen-bond acceptors (Lipinski definition) is 2. The molecule has 0 spiro atoms. The predicted molar refractivity (Wildman–Crippen MR) is 96.9 cm³/mol. The Kier molecular flexibility index (Phi) is 5.38. The molecule has 1 saturated carbocycles. The summed E-state index contributed by atoms with van der Waals surface area (Å²) in [6.45, 7) is 4.61. The van der Waals surface area contributed by atoms with Crippen LogP contribution >= 0.6 is 0 Å². The number of benzene rings is 1. The van der Waals surface area contributed by atoms with Crippen molar-refractivity contribution in [3.63, 3.8) is 0 Å². The monoisotopic (exact) mass is 328 g/mol. The highest BCUT2D eigenvalue weighted by atomic mass is 16.2. The minimum Gasteiger partial charge on any atom is -0.356 e. The van der Waals surface area contributed by atoms with E-state index < -0.39 is 0 Å². The lowest BCUT2D eigenvalue weighted by atomic mass is 9.99. The van der Waals surface area contributed by atoms with Gasteiger partial charge in [-0.15, -0.1) is 0 Å². The van der Waals surface area contributed by atoms with Crippen molar-refractivity contribution in [1.82, 2.24) is 15.5 Å². The number of aliphatic imine (C=N–C) groups is 1. The molecule has 1 amide bonds. The third-order valence-electron chi connectivity index (χ3n) is 5.00. The molecule has 0 bridgehead atoms. The molecule has 1 aliphatic heterocycles. The van der Waals surface area contributed by atoms with E-state index in [0.717, 1.165) is 44.4 Å². The summed E-state index contributed by atoms with van der Waals surface area (Å²) in [6, 6.07) is 8.98. The van der Waals surface area contributed by atoms with Crippen LogP contribution in [0.1, 0.15) is 37.3 Å². The summed E-state index contributed by atoms with van der Waals surface area (Å²) in [5.74, 6) is 1.85.